The number of hydrogen-bond acceptors (Lipinski definition) is 5. The van der Waals surface area contributed by atoms with Gasteiger partial charge in [-0.05, 0) is 19.1 Å². The van der Waals surface area contributed by atoms with Crippen LogP contribution in [0.2, 0.25) is 0 Å². The van der Waals surface area contributed by atoms with Crippen molar-refractivity contribution in [1.82, 2.24) is 4.98 Å². The molecule has 1 heterocycles. The van der Waals surface area contributed by atoms with E-state index in [1.54, 1.807) is 0 Å². The van der Waals surface area contributed by atoms with Gasteiger partial charge in [0, 0.05) is 17.3 Å². The summed E-state index contributed by atoms with van der Waals surface area (Å²) in [6.45, 7) is 1.48. The first-order valence-corrected chi connectivity index (χ1v) is 5.54. The average molecular weight is 276 g/mol. The molecule has 0 radical (unpaired) electrons. The Morgan fingerprint density at radius 2 is 2.10 bits per heavy atom. The summed E-state index contributed by atoms with van der Waals surface area (Å²) < 4.78 is 19.0. The number of nitro benzene ring substituents is 1. The van der Waals surface area contributed by atoms with Gasteiger partial charge in [0.25, 0.3) is 5.69 Å². The molecule has 6 nitrogen and oxygen atoms in total. The van der Waals surface area contributed by atoms with Gasteiger partial charge in [0.1, 0.15) is 5.75 Å². The number of hydrogen-bond donors (Lipinski definition) is 0. The maximum Gasteiger partial charge on any atom is 0.275 e. The van der Waals surface area contributed by atoms with Crippen LogP contribution in [0.15, 0.2) is 30.6 Å². The summed E-state index contributed by atoms with van der Waals surface area (Å²) in [4.78, 5) is 24.4. The molecule has 0 unspecified atom stereocenters. The molecule has 0 aliphatic carbocycles. The molecule has 0 saturated carbocycles. The van der Waals surface area contributed by atoms with Gasteiger partial charge in [0.2, 0.25) is 0 Å². The number of aryl methyl sites for hydroxylation is 1. The number of carbonyl (C=O) groups is 1. The zero-order valence-corrected chi connectivity index (χ0v) is 10.4. The molecule has 0 saturated heterocycles. The maximum absolute atomic E-state index is 13.7. The van der Waals surface area contributed by atoms with Crippen molar-refractivity contribution in [3.8, 4) is 11.5 Å². The summed E-state index contributed by atoms with van der Waals surface area (Å²) in [6, 6.07) is 3.40. The summed E-state index contributed by atoms with van der Waals surface area (Å²) in [5, 5.41) is 10.7. The fourth-order valence-corrected chi connectivity index (χ4v) is 1.60. The fraction of sp³-hybridized carbons (Fsp3) is 0.0769. The summed E-state index contributed by atoms with van der Waals surface area (Å²) in [6.07, 6.45) is 3.22. The summed E-state index contributed by atoms with van der Waals surface area (Å²) in [7, 11) is 0. The zero-order valence-electron chi connectivity index (χ0n) is 10.4. The van der Waals surface area contributed by atoms with E-state index in [1.807, 2.05) is 0 Å². The van der Waals surface area contributed by atoms with Crippen LogP contribution in [0.1, 0.15) is 15.9 Å². The van der Waals surface area contributed by atoms with Crippen LogP contribution in [0.25, 0.3) is 0 Å². The first kappa shape index (κ1) is 13.6. The molecule has 0 atom stereocenters. The van der Waals surface area contributed by atoms with Crippen LogP contribution in [-0.2, 0) is 0 Å². The molecule has 20 heavy (non-hydrogen) atoms. The summed E-state index contributed by atoms with van der Waals surface area (Å²) >= 11 is 0. The van der Waals surface area contributed by atoms with Crippen molar-refractivity contribution >= 4 is 12.0 Å². The standard InChI is InChI=1S/C13H9FN2O4/c1-8-2-13(11(14)4-12(8)16(18)19)20-10-3-9(7-17)5-15-6-10/h2-7H,1H3. The molecule has 0 fully saturated rings. The number of aromatic nitrogens is 1. The number of pyridine rings is 1. The molecule has 0 amide bonds. The van der Waals surface area contributed by atoms with Crippen LogP contribution in [0, 0.1) is 22.9 Å². The van der Waals surface area contributed by atoms with Crippen molar-refractivity contribution in [3.63, 3.8) is 0 Å². The van der Waals surface area contributed by atoms with Crippen LogP contribution < -0.4 is 4.74 Å². The fourth-order valence-electron chi connectivity index (χ4n) is 1.60. The minimum atomic E-state index is -0.862. The number of carbonyl (C=O) groups excluding carboxylic acids is 1. The van der Waals surface area contributed by atoms with Crippen LogP contribution in [0.4, 0.5) is 10.1 Å². The third-order valence-electron chi connectivity index (χ3n) is 2.55. The second-order valence-electron chi connectivity index (χ2n) is 4.00. The largest absolute Gasteiger partial charge is 0.453 e. The van der Waals surface area contributed by atoms with Gasteiger partial charge in [-0.1, -0.05) is 0 Å². The highest BCUT2D eigenvalue weighted by Crippen LogP contribution is 2.30. The van der Waals surface area contributed by atoms with Gasteiger partial charge in [-0.3, -0.25) is 19.9 Å². The van der Waals surface area contributed by atoms with Crippen molar-refractivity contribution in [2.75, 3.05) is 0 Å². The molecule has 0 bridgehead atoms. The smallest absolute Gasteiger partial charge is 0.275 e. The highest BCUT2D eigenvalue weighted by molar-refractivity contribution is 5.74. The summed E-state index contributed by atoms with van der Waals surface area (Å²) in [5.41, 5.74) is 0.224. The van der Waals surface area contributed by atoms with E-state index in [9.17, 15) is 19.3 Å². The Labute approximate surface area is 113 Å². The van der Waals surface area contributed by atoms with Crippen LogP contribution in [0.3, 0.4) is 0 Å². The first-order valence-electron chi connectivity index (χ1n) is 5.54. The molecular weight excluding hydrogens is 267 g/mol. The van der Waals surface area contributed by atoms with E-state index in [0.717, 1.165) is 6.07 Å². The van der Waals surface area contributed by atoms with E-state index in [1.165, 1.54) is 31.5 Å². The highest BCUT2D eigenvalue weighted by atomic mass is 19.1. The lowest BCUT2D eigenvalue weighted by Crippen LogP contribution is -1.96. The Bertz CT molecular complexity index is 688. The van der Waals surface area contributed by atoms with Crippen LogP contribution >= 0.6 is 0 Å². The Balaban J connectivity index is 2.36. The predicted molar refractivity (Wildman–Crippen MR) is 67.5 cm³/mol. The highest BCUT2D eigenvalue weighted by Gasteiger charge is 2.16. The minimum absolute atomic E-state index is 0.168. The molecule has 1 aromatic carbocycles. The number of benzene rings is 1. The first-order chi connectivity index (χ1) is 9.51. The minimum Gasteiger partial charge on any atom is -0.453 e. The maximum atomic E-state index is 13.7. The van der Waals surface area contributed by atoms with Gasteiger partial charge >= 0.3 is 0 Å². The SMILES string of the molecule is Cc1cc(Oc2cncc(C=O)c2)c(F)cc1[N+](=O)[O-]. The number of rotatable bonds is 4. The summed E-state index contributed by atoms with van der Waals surface area (Å²) in [5.74, 6) is -0.862. The van der Waals surface area contributed by atoms with Crippen molar-refractivity contribution in [1.29, 1.82) is 0 Å². The molecule has 0 spiro atoms. The Hall–Kier alpha value is -2.83. The van der Waals surface area contributed by atoms with Crippen molar-refractivity contribution in [2.45, 2.75) is 6.92 Å². The second kappa shape index (κ2) is 5.43. The normalized spacial score (nSPS) is 10.1. The van der Waals surface area contributed by atoms with E-state index < -0.39 is 10.7 Å². The molecule has 0 N–H and O–H groups in total. The van der Waals surface area contributed by atoms with Crippen LogP contribution in [0.5, 0.6) is 11.5 Å². The van der Waals surface area contributed by atoms with E-state index >= 15 is 0 Å². The molecule has 0 aliphatic rings. The number of halogens is 1. The monoisotopic (exact) mass is 276 g/mol. The van der Waals surface area contributed by atoms with Gasteiger partial charge < -0.3 is 4.74 Å². The molecule has 2 rings (SSSR count). The van der Waals surface area contributed by atoms with E-state index in [0.29, 0.717) is 6.29 Å². The van der Waals surface area contributed by atoms with Gasteiger partial charge in [0.05, 0.1) is 17.2 Å². The van der Waals surface area contributed by atoms with Gasteiger partial charge in [-0.2, -0.15) is 0 Å². The molecule has 102 valence electrons. The molecule has 7 heteroatoms. The topological polar surface area (TPSA) is 82.3 Å². The van der Waals surface area contributed by atoms with Gasteiger partial charge in [-0.25, -0.2) is 4.39 Å². The number of nitro groups is 1. The third-order valence-corrected chi connectivity index (χ3v) is 2.55. The van der Waals surface area contributed by atoms with E-state index in [2.05, 4.69) is 4.98 Å². The molecular formula is C13H9FN2O4. The van der Waals surface area contributed by atoms with E-state index in [4.69, 9.17) is 4.74 Å². The predicted octanol–water partition coefficient (Wildman–Crippen LogP) is 3.04. The van der Waals surface area contributed by atoms with Gasteiger partial charge in [0.15, 0.2) is 17.9 Å². The average Bonchev–Trinajstić information content (AvgIpc) is 2.42. The number of ether oxygens (including phenoxy) is 1. The zero-order chi connectivity index (χ0) is 14.7. The van der Waals surface area contributed by atoms with Gasteiger partial charge in [-0.15, -0.1) is 0 Å². The van der Waals surface area contributed by atoms with Crippen molar-refractivity contribution in [3.05, 3.63) is 57.7 Å². The number of nitrogens with zero attached hydrogens (tertiary/aromatic N) is 2. The lowest BCUT2D eigenvalue weighted by molar-refractivity contribution is -0.385. The van der Waals surface area contributed by atoms with Crippen LogP contribution in [-0.4, -0.2) is 16.2 Å². The second-order valence-corrected chi connectivity index (χ2v) is 4.00. The van der Waals surface area contributed by atoms with Crippen molar-refractivity contribution < 1.29 is 18.8 Å². The Kier molecular flexibility index (Phi) is 3.69. The lowest BCUT2D eigenvalue weighted by Gasteiger charge is -2.08. The molecule has 2 aromatic rings. The van der Waals surface area contributed by atoms with E-state index in [-0.39, 0.29) is 28.3 Å². The Morgan fingerprint density at radius 3 is 2.75 bits per heavy atom. The number of aldehydes is 1. The lowest BCUT2D eigenvalue weighted by atomic mass is 10.2. The third kappa shape index (κ3) is 2.77. The Morgan fingerprint density at radius 1 is 1.35 bits per heavy atom. The van der Waals surface area contributed by atoms with Crippen molar-refractivity contribution in [2.24, 2.45) is 0 Å². The molecule has 1 aromatic heterocycles. The molecule has 0 aliphatic heterocycles. The quantitative estimate of drug-likeness (QED) is 0.487.